The van der Waals surface area contributed by atoms with Gasteiger partial charge in [-0.3, -0.25) is 0 Å². The van der Waals surface area contributed by atoms with Gasteiger partial charge < -0.3 is 9.84 Å². The first-order valence-corrected chi connectivity index (χ1v) is 4.80. The van der Waals surface area contributed by atoms with Gasteiger partial charge in [-0.25, -0.2) is 0 Å². The minimum Gasteiger partial charge on any atom is -0.497 e. The lowest BCUT2D eigenvalue weighted by Crippen LogP contribution is -2.26. The topological polar surface area (TPSA) is 53.2 Å². The van der Waals surface area contributed by atoms with Gasteiger partial charge in [-0.1, -0.05) is 12.1 Å². The molecule has 3 nitrogen and oxygen atoms in total. The average molecular weight is 205 g/mol. The number of nitriles is 1. The molecule has 1 N–H and O–H groups in total. The summed E-state index contributed by atoms with van der Waals surface area (Å²) in [6.45, 7) is 1.67. The Hall–Kier alpha value is -1.53. The van der Waals surface area contributed by atoms with E-state index in [1.807, 2.05) is 30.3 Å². The summed E-state index contributed by atoms with van der Waals surface area (Å²) < 4.78 is 5.03. The van der Waals surface area contributed by atoms with E-state index in [1.54, 1.807) is 14.0 Å². The summed E-state index contributed by atoms with van der Waals surface area (Å²) in [7, 11) is 1.61. The number of nitrogens with zero attached hydrogens (tertiary/aromatic N) is 1. The van der Waals surface area contributed by atoms with E-state index in [2.05, 4.69) is 0 Å². The number of aliphatic hydroxyl groups is 1. The lowest BCUT2D eigenvalue weighted by Gasteiger charge is -2.19. The van der Waals surface area contributed by atoms with E-state index in [1.165, 1.54) is 0 Å². The molecule has 0 spiro atoms. The second kappa shape index (κ2) is 4.81. The smallest absolute Gasteiger partial charge is 0.118 e. The van der Waals surface area contributed by atoms with Gasteiger partial charge in [0.1, 0.15) is 5.75 Å². The van der Waals surface area contributed by atoms with Crippen molar-refractivity contribution in [1.29, 1.82) is 5.26 Å². The van der Waals surface area contributed by atoms with Crippen molar-refractivity contribution in [2.24, 2.45) is 0 Å². The predicted octanol–water partition coefficient (Wildman–Crippen LogP) is 1.90. The van der Waals surface area contributed by atoms with E-state index < -0.39 is 5.60 Å². The summed E-state index contributed by atoms with van der Waals surface area (Å²) in [4.78, 5) is 0. The SMILES string of the molecule is COc1ccc(CC(C)(O)CC#N)cc1. The lowest BCUT2D eigenvalue weighted by atomic mass is 9.94. The standard InChI is InChI=1S/C12H15NO2/c1-12(14,7-8-13)9-10-3-5-11(15-2)6-4-10/h3-6,14H,7,9H2,1-2H3. The van der Waals surface area contributed by atoms with E-state index in [0.717, 1.165) is 11.3 Å². The summed E-state index contributed by atoms with van der Waals surface area (Å²) in [5.74, 6) is 0.790. The average Bonchev–Trinajstić information content (AvgIpc) is 2.18. The fourth-order valence-corrected chi connectivity index (χ4v) is 1.42. The summed E-state index contributed by atoms with van der Waals surface area (Å²) in [6.07, 6.45) is 0.615. The van der Waals surface area contributed by atoms with Crippen molar-refractivity contribution in [2.75, 3.05) is 7.11 Å². The van der Waals surface area contributed by atoms with Crippen LogP contribution in [0.3, 0.4) is 0 Å². The zero-order valence-corrected chi connectivity index (χ0v) is 9.03. The van der Waals surface area contributed by atoms with Crippen molar-refractivity contribution >= 4 is 0 Å². The van der Waals surface area contributed by atoms with Crippen LogP contribution in [0, 0.1) is 11.3 Å². The molecular weight excluding hydrogens is 190 g/mol. The number of hydrogen-bond donors (Lipinski definition) is 1. The zero-order chi connectivity index (χ0) is 11.3. The highest BCUT2D eigenvalue weighted by atomic mass is 16.5. The number of benzene rings is 1. The first kappa shape index (κ1) is 11.5. The van der Waals surface area contributed by atoms with Gasteiger partial charge in [0, 0.05) is 6.42 Å². The largest absolute Gasteiger partial charge is 0.497 e. The van der Waals surface area contributed by atoms with Crippen LogP contribution in [0.4, 0.5) is 0 Å². The third-order valence-electron chi connectivity index (χ3n) is 2.20. The van der Waals surface area contributed by atoms with Crippen molar-refractivity contribution in [3.8, 4) is 11.8 Å². The summed E-state index contributed by atoms with van der Waals surface area (Å²) in [5.41, 5.74) is 0.0413. The second-order valence-corrected chi connectivity index (χ2v) is 3.86. The molecular formula is C12H15NO2. The van der Waals surface area contributed by atoms with Crippen LogP contribution >= 0.6 is 0 Å². The summed E-state index contributed by atoms with van der Waals surface area (Å²) >= 11 is 0. The van der Waals surface area contributed by atoms with Crippen LogP contribution < -0.4 is 4.74 Å². The van der Waals surface area contributed by atoms with Gasteiger partial charge in [-0.15, -0.1) is 0 Å². The van der Waals surface area contributed by atoms with Crippen LogP contribution in [-0.2, 0) is 6.42 Å². The number of methoxy groups -OCH3 is 1. The lowest BCUT2D eigenvalue weighted by molar-refractivity contribution is 0.0654. The van der Waals surface area contributed by atoms with Crippen molar-refractivity contribution < 1.29 is 9.84 Å². The van der Waals surface area contributed by atoms with Crippen molar-refractivity contribution in [1.82, 2.24) is 0 Å². The van der Waals surface area contributed by atoms with Crippen LogP contribution in [0.1, 0.15) is 18.9 Å². The fraction of sp³-hybridized carbons (Fsp3) is 0.417. The zero-order valence-electron chi connectivity index (χ0n) is 9.03. The van der Waals surface area contributed by atoms with Gasteiger partial charge in [-0.05, 0) is 24.6 Å². The van der Waals surface area contributed by atoms with Crippen LogP contribution in [-0.4, -0.2) is 17.8 Å². The first-order chi connectivity index (χ1) is 7.07. The summed E-state index contributed by atoms with van der Waals surface area (Å²) in [5, 5.41) is 18.4. The van der Waals surface area contributed by atoms with Crippen LogP contribution in [0.15, 0.2) is 24.3 Å². The van der Waals surface area contributed by atoms with Gasteiger partial charge in [0.05, 0.1) is 25.2 Å². The molecule has 0 aliphatic carbocycles. The Bertz CT molecular complexity index is 349. The Morgan fingerprint density at radius 1 is 1.40 bits per heavy atom. The van der Waals surface area contributed by atoms with E-state index in [9.17, 15) is 5.11 Å². The molecule has 0 heterocycles. The summed E-state index contributed by atoms with van der Waals surface area (Å²) in [6, 6.07) is 9.45. The first-order valence-electron chi connectivity index (χ1n) is 4.80. The molecule has 0 amide bonds. The molecule has 3 heteroatoms. The Morgan fingerprint density at radius 2 is 2.00 bits per heavy atom. The van der Waals surface area contributed by atoms with E-state index >= 15 is 0 Å². The van der Waals surface area contributed by atoms with Crippen molar-refractivity contribution in [3.05, 3.63) is 29.8 Å². The predicted molar refractivity (Wildman–Crippen MR) is 57.6 cm³/mol. The molecule has 0 radical (unpaired) electrons. The molecule has 0 aliphatic rings. The molecule has 1 atom stereocenters. The van der Waals surface area contributed by atoms with E-state index in [0.29, 0.717) is 6.42 Å². The van der Waals surface area contributed by atoms with Gasteiger partial charge in [0.15, 0.2) is 0 Å². The van der Waals surface area contributed by atoms with Crippen molar-refractivity contribution in [2.45, 2.75) is 25.4 Å². The fourth-order valence-electron chi connectivity index (χ4n) is 1.42. The Morgan fingerprint density at radius 3 is 2.47 bits per heavy atom. The Kier molecular flexibility index (Phi) is 3.70. The monoisotopic (exact) mass is 205 g/mol. The molecule has 0 saturated carbocycles. The maximum Gasteiger partial charge on any atom is 0.118 e. The van der Waals surface area contributed by atoms with Crippen LogP contribution in [0.5, 0.6) is 5.75 Å². The molecule has 1 aromatic carbocycles. The van der Waals surface area contributed by atoms with Crippen LogP contribution in [0.2, 0.25) is 0 Å². The molecule has 0 aliphatic heterocycles. The third-order valence-corrected chi connectivity index (χ3v) is 2.20. The molecule has 1 unspecified atom stereocenters. The maximum atomic E-state index is 9.84. The second-order valence-electron chi connectivity index (χ2n) is 3.86. The number of ether oxygens (including phenoxy) is 1. The molecule has 1 rings (SSSR count). The molecule has 0 fully saturated rings. The van der Waals surface area contributed by atoms with Gasteiger partial charge in [0.25, 0.3) is 0 Å². The highest BCUT2D eigenvalue weighted by Crippen LogP contribution is 2.18. The highest BCUT2D eigenvalue weighted by Gasteiger charge is 2.20. The molecule has 0 saturated heterocycles. The van der Waals surface area contributed by atoms with Gasteiger partial charge >= 0.3 is 0 Å². The van der Waals surface area contributed by atoms with E-state index in [-0.39, 0.29) is 6.42 Å². The third kappa shape index (κ3) is 3.61. The molecule has 1 aromatic rings. The van der Waals surface area contributed by atoms with Crippen molar-refractivity contribution in [3.63, 3.8) is 0 Å². The highest BCUT2D eigenvalue weighted by molar-refractivity contribution is 5.28. The normalized spacial score (nSPS) is 14.0. The molecule has 15 heavy (non-hydrogen) atoms. The Labute approximate surface area is 89.9 Å². The minimum absolute atomic E-state index is 0.138. The molecule has 0 aromatic heterocycles. The number of rotatable bonds is 4. The Balaban J connectivity index is 2.69. The molecule has 80 valence electrons. The quantitative estimate of drug-likeness (QED) is 0.816. The van der Waals surface area contributed by atoms with Gasteiger partial charge in [-0.2, -0.15) is 5.26 Å². The van der Waals surface area contributed by atoms with Crippen LogP contribution in [0.25, 0.3) is 0 Å². The minimum atomic E-state index is -0.955. The molecule has 0 bridgehead atoms. The maximum absolute atomic E-state index is 9.84. The van der Waals surface area contributed by atoms with Gasteiger partial charge in [0.2, 0.25) is 0 Å². The number of hydrogen-bond acceptors (Lipinski definition) is 3. The van der Waals surface area contributed by atoms with E-state index in [4.69, 9.17) is 10.00 Å².